The summed E-state index contributed by atoms with van der Waals surface area (Å²) in [5.41, 5.74) is 2.56. The lowest BCUT2D eigenvalue weighted by atomic mass is 10.1. The highest BCUT2D eigenvalue weighted by Gasteiger charge is 2.40. The maximum atomic E-state index is 10.4. The molecule has 2 saturated carbocycles. The zero-order valence-electron chi connectivity index (χ0n) is 17.6. The molecule has 2 fully saturated rings. The number of anilines is 1. The van der Waals surface area contributed by atoms with E-state index in [2.05, 4.69) is 46.8 Å². The number of hydrogen-bond acceptors (Lipinski definition) is 8. The van der Waals surface area contributed by atoms with Gasteiger partial charge in [0.1, 0.15) is 6.10 Å². The molecule has 1 aromatic carbocycles. The molecule has 0 spiro atoms. The molecule has 2 aliphatic carbocycles. The highest BCUT2D eigenvalue weighted by molar-refractivity contribution is 7.99. The molecule has 5 rings (SSSR count). The molecule has 0 radical (unpaired) electrons. The van der Waals surface area contributed by atoms with Crippen molar-refractivity contribution in [2.45, 2.75) is 74.4 Å². The fourth-order valence-electron chi connectivity index (χ4n) is 4.31. The third kappa shape index (κ3) is 4.14. The van der Waals surface area contributed by atoms with Crippen molar-refractivity contribution in [3.63, 3.8) is 0 Å². The second kappa shape index (κ2) is 8.72. The van der Waals surface area contributed by atoms with Gasteiger partial charge < -0.3 is 15.5 Å². The van der Waals surface area contributed by atoms with Gasteiger partial charge in [-0.3, -0.25) is 0 Å². The van der Waals surface area contributed by atoms with Crippen LogP contribution in [0.3, 0.4) is 0 Å². The summed E-state index contributed by atoms with van der Waals surface area (Å²) in [6, 6.07) is 10.5. The normalized spacial score (nSPS) is 27.6. The van der Waals surface area contributed by atoms with Gasteiger partial charge in [-0.15, -0.1) is 5.10 Å². The molecule has 3 N–H and O–H groups in total. The molecule has 0 saturated heterocycles. The van der Waals surface area contributed by atoms with Crippen molar-refractivity contribution < 1.29 is 10.2 Å². The Morgan fingerprint density at radius 3 is 2.74 bits per heavy atom. The minimum Gasteiger partial charge on any atom is -0.390 e. The van der Waals surface area contributed by atoms with Crippen LogP contribution in [-0.2, 0) is 0 Å². The Balaban J connectivity index is 1.45. The van der Waals surface area contributed by atoms with Gasteiger partial charge in [0.05, 0.1) is 12.1 Å². The largest absolute Gasteiger partial charge is 0.390 e. The van der Waals surface area contributed by atoms with E-state index in [0.29, 0.717) is 46.9 Å². The smallest absolute Gasteiger partial charge is 0.191 e. The van der Waals surface area contributed by atoms with Crippen molar-refractivity contribution in [2.75, 3.05) is 11.1 Å². The third-order valence-electron chi connectivity index (χ3n) is 6.23. The van der Waals surface area contributed by atoms with E-state index >= 15 is 0 Å². The van der Waals surface area contributed by atoms with Crippen LogP contribution >= 0.6 is 11.8 Å². The van der Waals surface area contributed by atoms with Crippen LogP contribution in [0.15, 0.2) is 35.5 Å². The summed E-state index contributed by atoms with van der Waals surface area (Å²) in [4.78, 5) is 9.50. The van der Waals surface area contributed by atoms with Gasteiger partial charge in [0.25, 0.3) is 0 Å². The SMILES string of the molecule is CCCCSc1nc(NC2CC2c2ccccc2)c2nnn([C@@H]3CC[C@@H](O)[C@H]3O)c2n1. The van der Waals surface area contributed by atoms with Crippen molar-refractivity contribution >= 4 is 28.7 Å². The Hall–Kier alpha value is -2.23. The van der Waals surface area contributed by atoms with Crippen molar-refractivity contribution in [1.82, 2.24) is 25.0 Å². The maximum Gasteiger partial charge on any atom is 0.191 e. The van der Waals surface area contributed by atoms with Gasteiger partial charge in [-0.05, 0) is 31.2 Å². The molecule has 2 heterocycles. The highest BCUT2D eigenvalue weighted by Crippen LogP contribution is 2.43. The molecule has 164 valence electrons. The third-order valence-corrected chi connectivity index (χ3v) is 7.17. The Labute approximate surface area is 185 Å². The summed E-state index contributed by atoms with van der Waals surface area (Å²) in [5, 5.41) is 33.3. The summed E-state index contributed by atoms with van der Waals surface area (Å²) < 4.78 is 1.68. The van der Waals surface area contributed by atoms with Gasteiger partial charge in [-0.2, -0.15) is 0 Å². The lowest BCUT2D eigenvalue weighted by Crippen LogP contribution is -2.28. The van der Waals surface area contributed by atoms with E-state index in [9.17, 15) is 10.2 Å². The summed E-state index contributed by atoms with van der Waals surface area (Å²) in [6.45, 7) is 2.17. The molecular formula is C22H28N6O2S. The molecule has 0 amide bonds. The molecule has 2 aromatic heterocycles. The minimum absolute atomic E-state index is 0.304. The van der Waals surface area contributed by atoms with Gasteiger partial charge in [0.2, 0.25) is 0 Å². The van der Waals surface area contributed by atoms with Gasteiger partial charge in [-0.1, -0.05) is 60.7 Å². The summed E-state index contributed by atoms with van der Waals surface area (Å²) >= 11 is 1.63. The number of benzene rings is 1. The second-order valence-corrected chi connectivity index (χ2v) is 9.53. The number of thioether (sulfide) groups is 1. The van der Waals surface area contributed by atoms with Crippen LogP contribution in [0.5, 0.6) is 0 Å². The Kier molecular flexibility index (Phi) is 5.81. The van der Waals surface area contributed by atoms with Crippen molar-refractivity contribution in [3.8, 4) is 0 Å². The Morgan fingerprint density at radius 1 is 1.16 bits per heavy atom. The number of hydrogen-bond donors (Lipinski definition) is 3. The number of fused-ring (bicyclic) bond motifs is 1. The van der Waals surface area contributed by atoms with Crippen LogP contribution in [0.1, 0.15) is 56.6 Å². The molecule has 5 atom stereocenters. The molecule has 3 aromatic rings. The topological polar surface area (TPSA) is 109 Å². The molecular weight excluding hydrogens is 412 g/mol. The molecule has 31 heavy (non-hydrogen) atoms. The standard InChI is InChI=1S/C22H28N6O2S/c1-2-3-11-31-22-24-20(23-15-12-14(15)13-7-5-4-6-8-13)18-21(25-22)28(27-26-18)16-9-10-17(29)19(16)30/h4-8,14-17,19,29-30H,2-3,9-12H2,1H3,(H,23,24,25)/t14?,15?,16-,17-,19+/m1/s1. The van der Waals surface area contributed by atoms with Crippen LogP contribution < -0.4 is 5.32 Å². The minimum atomic E-state index is -0.863. The lowest BCUT2D eigenvalue weighted by Gasteiger charge is -2.16. The number of unbranched alkanes of at least 4 members (excludes halogenated alkanes) is 1. The Morgan fingerprint density at radius 2 is 2.00 bits per heavy atom. The van der Waals surface area contributed by atoms with Crippen LogP contribution in [0.2, 0.25) is 0 Å². The monoisotopic (exact) mass is 440 g/mol. The predicted molar refractivity (Wildman–Crippen MR) is 120 cm³/mol. The first kappa shape index (κ1) is 20.7. The maximum absolute atomic E-state index is 10.4. The fraction of sp³-hybridized carbons (Fsp3) is 0.545. The van der Waals surface area contributed by atoms with Gasteiger partial charge in [0, 0.05) is 17.7 Å². The lowest BCUT2D eigenvalue weighted by molar-refractivity contribution is 0.0215. The molecule has 2 unspecified atom stereocenters. The van der Waals surface area contributed by atoms with Crippen LogP contribution in [0.4, 0.5) is 5.82 Å². The predicted octanol–water partition coefficient (Wildman–Crippen LogP) is 3.14. The number of rotatable bonds is 8. The van der Waals surface area contributed by atoms with Crippen LogP contribution in [0.25, 0.3) is 11.2 Å². The quantitative estimate of drug-likeness (QED) is 0.278. The number of nitrogens with zero attached hydrogens (tertiary/aromatic N) is 5. The van der Waals surface area contributed by atoms with E-state index in [-0.39, 0.29) is 6.04 Å². The molecule has 9 heteroatoms. The molecule has 2 aliphatic rings. The fourth-order valence-corrected chi connectivity index (χ4v) is 5.23. The van der Waals surface area contributed by atoms with E-state index in [1.54, 1.807) is 16.4 Å². The van der Waals surface area contributed by atoms with Crippen LogP contribution in [0, 0.1) is 0 Å². The van der Waals surface area contributed by atoms with Crippen molar-refractivity contribution in [3.05, 3.63) is 35.9 Å². The van der Waals surface area contributed by atoms with Gasteiger partial charge >= 0.3 is 0 Å². The number of aliphatic hydroxyl groups excluding tert-OH is 2. The summed E-state index contributed by atoms with van der Waals surface area (Å²) in [5.74, 6) is 2.11. The van der Waals surface area contributed by atoms with Crippen molar-refractivity contribution in [2.24, 2.45) is 0 Å². The average molecular weight is 441 g/mol. The van der Waals surface area contributed by atoms with E-state index in [4.69, 9.17) is 9.97 Å². The number of aliphatic hydroxyl groups is 2. The zero-order chi connectivity index (χ0) is 21.4. The van der Waals surface area contributed by atoms with E-state index < -0.39 is 12.2 Å². The van der Waals surface area contributed by atoms with Gasteiger partial charge in [0.15, 0.2) is 22.1 Å². The number of nitrogens with one attached hydrogen (secondary N) is 1. The highest BCUT2D eigenvalue weighted by atomic mass is 32.2. The molecule has 8 nitrogen and oxygen atoms in total. The molecule has 0 aliphatic heterocycles. The first-order chi connectivity index (χ1) is 15.2. The van der Waals surface area contributed by atoms with Crippen molar-refractivity contribution in [1.29, 1.82) is 0 Å². The van der Waals surface area contributed by atoms with E-state index in [0.717, 1.165) is 25.0 Å². The van der Waals surface area contributed by atoms with Crippen LogP contribution in [-0.4, -0.2) is 59.2 Å². The number of aromatic nitrogens is 5. The first-order valence-corrected chi connectivity index (χ1v) is 12.1. The summed E-state index contributed by atoms with van der Waals surface area (Å²) in [7, 11) is 0. The molecule has 0 bridgehead atoms. The zero-order valence-corrected chi connectivity index (χ0v) is 18.4. The first-order valence-electron chi connectivity index (χ1n) is 11.1. The van der Waals surface area contributed by atoms with E-state index in [1.807, 2.05) is 6.07 Å². The summed E-state index contributed by atoms with van der Waals surface area (Å²) in [6.07, 6.45) is 2.85. The van der Waals surface area contributed by atoms with E-state index in [1.165, 1.54) is 5.56 Å². The Bertz CT molecular complexity index is 1050. The second-order valence-electron chi connectivity index (χ2n) is 8.47. The van der Waals surface area contributed by atoms with Gasteiger partial charge in [-0.25, -0.2) is 14.6 Å². The average Bonchev–Trinajstić information content (AvgIpc) is 3.30.